The predicted octanol–water partition coefficient (Wildman–Crippen LogP) is 1.85. The van der Waals surface area contributed by atoms with E-state index in [1.54, 1.807) is 6.08 Å². The minimum absolute atomic E-state index is 0.124. The molecule has 1 fully saturated rings. The molecule has 0 bridgehead atoms. The number of carbonyl (C=O) groups excluding carboxylic acids is 2. The number of Topliss-reactive ketones (excluding diaryl/α,β-unsaturated/α-hetero) is 1. The first kappa shape index (κ1) is 13.5. The third kappa shape index (κ3) is 3.29. The van der Waals surface area contributed by atoms with Crippen LogP contribution in [0.5, 0.6) is 0 Å². The molecule has 1 aromatic carbocycles. The molecule has 1 aliphatic rings. The molecule has 1 aliphatic heterocycles. The van der Waals surface area contributed by atoms with Crippen LogP contribution >= 0.6 is 0 Å². The zero-order valence-corrected chi connectivity index (χ0v) is 10.7. The van der Waals surface area contributed by atoms with Gasteiger partial charge in [-0.05, 0) is 5.56 Å². The molecule has 4 nitrogen and oxygen atoms in total. The van der Waals surface area contributed by atoms with Gasteiger partial charge in [0.15, 0.2) is 5.78 Å². The SMILES string of the molecule is COC(=O)C1C(=O)CCOC1/C=C/c1ccccc1. The Labute approximate surface area is 112 Å². The topological polar surface area (TPSA) is 52.6 Å². The van der Waals surface area contributed by atoms with Crippen molar-refractivity contribution in [1.82, 2.24) is 0 Å². The lowest BCUT2D eigenvalue weighted by Gasteiger charge is -2.26. The van der Waals surface area contributed by atoms with E-state index >= 15 is 0 Å². The van der Waals surface area contributed by atoms with Crippen molar-refractivity contribution in [2.24, 2.45) is 5.92 Å². The van der Waals surface area contributed by atoms with Crippen molar-refractivity contribution in [3.8, 4) is 0 Å². The molecular weight excluding hydrogens is 244 g/mol. The van der Waals surface area contributed by atoms with E-state index in [-0.39, 0.29) is 12.2 Å². The highest BCUT2D eigenvalue weighted by atomic mass is 16.5. The second-order valence-electron chi connectivity index (χ2n) is 4.32. The summed E-state index contributed by atoms with van der Waals surface area (Å²) in [7, 11) is 1.28. The molecule has 4 heteroatoms. The van der Waals surface area contributed by atoms with Gasteiger partial charge in [0.1, 0.15) is 5.92 Å². The Kier molecular flexibility index (Phi) is 4.47. The van der Waals surface area contributed by atoms with E-state index in [0.29, 0.717) is 6.61 Å². The van der Waals surface area contributed by atoms with Gasteiger partial charge in [0.05, 0.1) is 19.8 Å². The summed E-state index contributed by atoms with van der Waals surface area (Å²) in [5.74, 6) is -1.51. The van der Waals surface area contributed by atoms with E-state index in [2.05, 4.69) is 4.74 Å². The van der Waals surface area contributed by atoms with Crippen LogP contribution in [0.15, 0.2) is 36.4 Å². The smallest absolute Gasteiger partial charge is 0.319 e. The second kappa shape index (κ2) is 6.29. The Balaban J connectivity index is 2.14. The molecule has 2 rings (SSSR count). The van der Waals surface area contributed by atoms with Gasteiger partial charge in [-0.3, -0.25) is 9.59 Å². The summed E-state index contributed by atoms with van der Waals surface area (Å²) >= 11 is 0. The Hall–Kier alpha value is -1.94. The molecule has 1 heterocycles. The number of esters is 1. The maximum Gasteiger partial charge on any atom is 0.319 e. The average molecular weight is 260 g/mol. The molecule has 1 saturated heterocycles. The fourth-order valence-corrected chi connectivity index (χ4v) is 2.06. The van der Waals surface area contributed by atoms with Crippen molar-refractivity contribution in [3.05, 3.63) is 42.0 Å². The lowest BCUT2D eigenvalue weighted by molar-refractivity contribution is -0.158. The number of carbonyl (C=O) groups is 2. The predicted molar refractivity (Wildman–Crippen MR) is 70.3 cm³/mol. The molecule has 2 unspecified atom stereocenters. The van der Waals surface area contributed by atoms with Gasteiger partial charge in [-0.2, -0.15) is 0 Å². The van der Waals surface area contributed by atoms with Gasteiger partial charge in [0.2, 0.25) is 0 Å². The molecule has 0 saturated carbocycles. The number of ether oxygens (including phenoxy) is 2. The summed E-state index contributed by atoms with van der Waals surface area (Å²) in [5, 5.41) is 0. The molecule has 0 spiro atoms. The van der Waals surface area contributed by atoms with Gasteiger partial charge in [-0.1, -0.05) is 42.5 Å². The van der Waals surface area contributed by atoms with Crippen LogP contribution in [0.4, 0.5) is 0 Å². The number of methoxy groups -OCH3 is 1. The van der Waals surface area contributed by atoms with Crippen LogP contribution in [0.1, 0.15) is 12.0 Å². The first-order valence-electron chi connectivity index (χ1n) is 6.18. The van der Waals surface area contributed by atoms with Crippen molar-refractivity contribution in [2.45, 2.75) is 12.5 Å². The molecule has 0 aromatic heterocycles. The van der Waals surface area contributed by atoms with Crippen molar-refractivity contribution in [2.75, 3.05) is 13.7 Å². The minimum Gasteiger partial charge on any atom is -0.468 e. The quantitative estimate of drug-likeness (QED) is 0.614. The Morgan fingerprint density at radius 1 is 1.37 bits per heavy atom. The highest BCUT2D eigenvalue weighted by molar-refractivity contribution is 6.00. The van der Waals surface area contributed by atoms with Gasteiger partial charge in [0, 0.05) is 6.42 Å². The molecule has 0 radical (unpaired) electrons. The van der Waals surface area contributed by atoms with Crippen molar-refractivity contribution in [1.29, 1.82) is 0 Å². The summed E-state index contributed by atoms with van der Waals surface area (Å²) in [6.07, 6.45) is 3.30. The van der Waals surface area contributed by atoms with Crippen LogP contribution in [0.25, 0.3) is 6.08 Å². The zero-order valence-electron chi connectivity index (χ0n) is 10.7. The molecule has 100 valence electrons. The number of hydrogen-bond acceptors (Lipinski definition) is 4. The maximum absolute atomic E-state index is 11.8. The average Bonchev–Trinajstić information content (AvgIpc) is 2.45. The summed E-state index contributed by atoms with van der Waals surface area (Å²) in [4.78, 5) is 23.4. The first-order valence-corrected chi connectivity index (χ1v) is 6.18. The van der Waals surface area contributed by atoms with Crippen molar-refractivity contribution >= 4 is 17.8 Å². The Bertz CT molecular complexity index is 470. The van der Waals surface area contributed by atoms with Gasteiger partial charge in [0.25, 0.3) is 0 Å². The maximum atomic E-state index is 11.8. The molecule has 19 heavy (non-hydrogen) atoms. The van der Waals surface area contributed by atoms with Crippen LogP contribution in [0.3, 0.4) is 0 Å². The van der Waals surface area contributed by atoms with E-state index in [0.717, 1.165) is 5.56 Å². The molecule has 2 atom stereocenters. The lowest BCUT2D eigenvalue weighted by atomic mass is 9.92. The summed E-state index contributed by atoms with van der Waals surface area (Å²) in [6.45, 7) is 0.343. The highest BCUT2D eigenvalue weighted by Crippen LogP contribution is 2.21. The molecule has 0 N–H and O–H groups in total. The van der Waals surface area contributed by atoms with Gasteiger partial charge >= 0.3 is 5.97 Å². The van der Waals surface area contributed by atoms with Crippen LogP contribution in [-0.2, 0) is 19.1 Å². The third-order valence-corrected chi connectivity index (χ3v) is 3.07. The fourth-order valence-electron chi connectivity index (χ4n) is 2.06. The second-order valence-corrected chi connectivity index (χ2v) is 4.32. The third-order valence-electron chi connectivity index (χ3n) is 3.07. The fraction of sp³-hybridized carbons (Fsp3) is 0.333. The summed E-state index contributed by atoms with van der Waals surface area (Å²) in [5.41, 5.74) is 0.993. The van der Waals surface area contributed by atoms with Gasteiger partial charge in [-0.25, -0.2) is 0 Å². The van der Waals surface area contributed by atoms with E-state index in [1.165, 1.54) is 7.11 Å². The lowest BCUT2D eigenvalue weighted by Crippen LogP contribution is -2.41. The molecule has 1 aromatic rings. The van der Waals surface area contributed by atoms with Crippen molar-refractivity contribution in [3.63, 3.8) is 0 Å². The summed E-state index contributed by atoms with van der Waals surface area (Å²) in [6, 6.07) is 9.65. The number of hydrogen-bond donors (Lipinski definition) is 0. The number of rotatable bonds is 3. The standard InChI is InChI=1S/C15H16O4/c1-18-15(17)14-12(16)9-10-19-13(14)8-7-11-5-3-2-4-6-11/h2-8,13-14H,9-10H2,1H3/b8-7+. The first-order chi connectivity index (χ1) is 9.22. The molecule has 0 aliphatic carbocycles. The van der Waals surface area contributed by atoms with Crippen LogP contribution in [0, 0.1) is 5.92 Å². The largest absolute Gasteiger partial charge is 0.468 e. The van der Waals surface area contributed by atoms with E-state index in [1.807, 2.05) is 36.4 Å². The molecule has 0 amide bonds. The monoisotopic (exact) mass is 260 g/mol. The van der Waals surface area contributed by atoms with Gasteiger partial charge < -0.3 is 9.47 Å². The van der Waals surface area contributed by atoms with E-state index in [9.17, 15) is 9.59 Å². The summed E-state index contributed by atoms with van der Waals surface area (Å²) < 4.78 is 10.2. The number of ketones is 1. The molecular formula is C15H16O4. The highest BCUT2D eigenvalue weighted by Gasteiger charge is 2.37. The van der Waals surface area contributed by atoms with E-state index in [4.69, 9.17) is 4.74 Å². The zero-order chi connectivity index (χ0) is 13.7. The Morgan fingerprint density at radius 3 is 2.79 bits per heavy atom. The normalized spacial score (nSPS) is 23.5. The Morgan fingerprint density at radius 2 is 2.11 bits per heavy atom. The minimum atomic E-state index is -0.848. The van der Waals surface area contributed by atoms with Crippen LogP contribution in [-0.4, -0.2) is 31.6 Å². The van der Waals surface area contributed by atoms with Crippen LogP contribution < -0.4 is 0 Å². The van der Waals surface area contributed by atoms with Crippen molar-refractivity contribution < 1.29 is 19.1 Å². The van der Waals surface area contributed by atoms with Crippen LogP contribution in [0.2, 0.25) is 0 Å². The number of benzene rings is 1. The van der Waals surface area contributed by atoms with Gasteiger partial charge in [-0.15, -0.1) is 0 Å². The van der Waals surface area contributed by atoms with E-state index < -0.39 is 18.0 Å².